The first-order valence-corrected chi connectivity index (χ1v) is 7.20. The molecule has 0 saturated carbocycles. The van der Waals surface area contributed by atoms with Crippen molar-refractivity contribution in [2.45, 2.75) is 13.8 Å². The molecule has 2 aromatic rings. The standard InChI is InChI=1S/C17H19NO2S/c1-12-7-8-13(2)16(11-12)20-10-9-19-15-6-4-3-5-14(15)17(18)21/h3-8,11H,9-10H2,1-2H3,(H2,18,21). The Morgan fingerprint density at radius 2 is 1.67 bits per heavy atom. The molecule has 0 unspecified atom stereocenters. The van der Waals surface area contributed by atoms with Gasteiger partial charge in [-0.15, -0.1) is 0 Å². The Balaban J connectivity index is 1.91. The Morgan fingerprint density at radius 1 is 1.00 bits per heavy atom. The van der Waals surface area contributed by atoms with Crippen molar-refractivity contribution in [1.29, 1.82) is 0 Å². The first-order valence-electron chi connectivity index (χ1n) is 6.79. The summed E-state index contributed by atoms with van der Waals surface area (Å²) in [5.74, 6) is 1.58. The molecule has 0 radical (unpaired) electrons. The number of benzene rings is 2. The van der Waals surface area contributed by atoms with Gasteiger partial charge in [0.25, 0.3) is 0 Å². The average Bonchev–Trinajstić information content (AvgIpc) is 2.47. The number of thiocarbonyl (C=S) groups is 1. The third-order valence-electron chi connectivity index (χ3n) is 3.09. The lowest BCUT2D eigenvalue weighted by Crippen LogP contribution is -2.14. The fraction of sp³-hybridized carbons (Fsp3) is 0.235. The summed E-state index contributed by atoms with van der Waals surface area (Å²) in [7, 11) is 0. The van der Waals surface area contributed by atoms with Crippen molar-refractivity contribution in [3.63, 3.8) is 0 Å². The van der Waals surface area contributed by atoms with Crippen LogP contribution in [0, 0.1) is 13.8 Å². The molecule has 0 spiro atoms. The van der Waals surface area contributed by atoms with Crippen molar-refractivity contribution in [1.82, 2.24) is 0 Å². The van der Waals surface area contributed by atoms with Gasteiger partial charge in [0.15, 0.2) is 0 Å². The topological polar surface area (TPSA) is 44.5 Å². The highest BCUT2D eigenvalue weighted by Crippen LogP contribution is 2.20. The van der Waals surface area contributed by atoms with Crippen LogP contribution in [0.15, 0.2) is 42.5 Å². The molecule has 4 heteroatoms. The van der Waals surface area contributed by atoms with Gasteiger partial charge in [0.05, 0.1) is 5.56 Å². The highest BCUT2D eigenvalue weighted by molar-refractivity contribution is 7.80. The maximum absolute atomic E-state index is 5.75. The molecule has 0 aliphatic carbocycles. The van der Waals surface area contributed by atoms with Gasteiger partial charge in [0.2, 0.25) is 0 Å². The fourth-order valence-electron chi connectivity index (χ4n) is 1.96. The van der Waals surface area contributed by atoms with Gasteiger partial charge in [-0.1, -0.05) is 36.5 Å². The summed E-state index contributed by atoms with van der Waals surface area (Å²) in [5.41, 5.74) is 8.71. The van der Waals surface area contributed by atoms with Gasteiger partial charge in [-0.2, -0.15) is 0 Å². The molecule has 3 nitrogen and oxygen atoms in total. The minimum absolute atomic E-state index is 0.334. The molecule has 0 aliphatic rings. The monoisotopic (exact) mass is 301 g/mol. The SMILES string of the molecule is Cc1ccc(C)c(OCCOc2ccccc2C(N)=S)c1. The van der Waals surface area contributed by atoms with E-state index in [0.29, 0.717) is 24.0 Å². The van der Waals surface area contributed by atoms with E-state index < -0.39 is 0 Å². The molecule has 0 atom stereocenters. The summed E-state index contributed by atoms with van der Waals surface area (Å²) in [6.07, 6.45) is 0. The predicted octanol–water partition coefficient (Wildman–Crippen LogP) is 3.40. The number of aryl methyl sites for hydroxylation is 2. The average molecular weight is 301 g/mol. The Labute approximate surface area is 130 Å². The molecule has 0 amide bonds. The smallest absolute Gasteiger partial charge is 0.129 e. The lowest BCUT2D eigenvalue weighted by atomic mass is 10.1. The second kappa shape index (κ2) is 7.09. The van der Waals surface area contributed by atoms with Crippen LogP contribution in [0.1, 0.15) is 16.7 Å². The third kappa shape index (κ3) is 4.20. The van der Waals surface area contributed by atoms with Gasteiger partial charge < -0.3 is 15.2 Å². The number of hydrogen-bond donors (Lipinski definition) is 1. The number of hydrogen-bond acceptors (Lipinski definition) is 3. The lowest BCUT2D eigenvalue weighted by molar-refractivity contribution is 0.216. The van der Waals surface area contributed by atoms with Crippen molar-refractivity contribution in [2.24, 2.45) is 5.73 Å². The quantitative estimate of drug-likeness (QED) is 0.656. The molecular weight excluding hydrogens is 282 g/mol. The second-order valence-electron chi connectivity index (χ2n) is 4.83. The first kappa shape index (κ1) is 15.3. The van der Waals surface area contributed by atoms with E-state index in [4.69, 9.17) is 27.4 Å². The van der Waals surface area contributed by atoms with Crippen LogP contribution >= 0.6 is 12.2 Å². The molecule has 0 aromatic heterocycles. The van der Waals surface area contributed by atoms with E-state index in [1.807, 2.05) is 50.2 Å². The van der Waals surface area contributed by atoms with Gasteiger partial charge in [0.1, 0.15) is 29.7 Å². The fourth-order valence-corrected chi connectivity index (χ4v) is 2.13. The second-order valence-corrected chi connectivity index (χ2v) is 5.27. The zero-order valence-corrected chi connectivity index (χ0v) is 13.1. The molecule has 0 bridgehead atoms. The van der Waals surface area contributed by atoms with Crippen molar-refractivity contribution in [3.8, 4) is 11.5 Å². The van der Waals surface area contributed by atoms with Crippen molar-refractivity contribution < 1.29 is 9.47 Å². The Hall–Kier alpha value is -2.07. The Morgan fingerprint density at radius 3 is 2.38 bits per heavy atom. The van der Waals surface area contributed by atoms with Gasteiger partial charge >= 0.3 is 0 Å². The van der Waals surface area contributed by atoms with E-state index in [1.54, 1.807) is 0 Å². The van der Waals surface area contributed by atoms with E-state index in [9.17, 15) is 0 Å². The number of para-hydroxylation sites is 1. The van der Waals surface area contributed by atoms with E-state index in [1.165, 1.54) is 5.56 Å². The molecule has 0 saturated heterocycles. The first-order chi connectivity index (χ1) is 10.1. The van der Waals surface area contributed by atoms with E-state index >= 15 is 0 Å². The minimum Gasteiger partial charge on any atom is -0.490 e. The van der Waals surface area contributed by atoms with Gasteiger partial charge in [0, 0.05) is 0 Å². The maximum Gasteiger partial charge on any atom is 0.129 e. The molecule has 2 rings (SSSR count). The van der Waals surface area contributed by atoms with Crippen LogP contribution < -0.4 is 15.2 Å². The molecule has 0 fully saturated rings. The van der Waals surface area contributed by atoms with Crippen LogP contribution in [0.4, 0.5) is 0 Å². The largest absolute Gasteiger partial charge is 0.490 e. The van der Waals surface area contributed by atoms with Gasteiger partial charge in [-0.25, -0.2) is 0 Å². The minimum atomic E-state index is 0.334. The number of ether oxygens (including phenoxy) is 2. The molecule has 2 aromatic carbocycles. The van der Waals surface area contributed by atoms with E-state index in [0.717, 1.165) is 16.9 Å². The van der Waals surface area contributed by atoms with Crippen LogP contribution in [0.5, 0.6) is 11.5 Å². The van der Waals surface area contributed by atoms with Crippen LogP contribution in [-0.4, -0.2) is 18.2 Å². The Kier molecular flexibility index (Phi) is 5.17. The van der Waals surface area contributed by atoms with E-state index in [-0.39, 0.29) is 0 Å². The zero-order valence-electron chi connectivity index (χ0n) is 12.3. The molecule has 110 valence electrons. The van der Waals surface area contributed by atoms with Crippen molar-refractivity contribution in [3.05, 3.63) is 59.2 Å². The third-order valence-corrected chi connectivity index (χ3v) is 3.31. The highest BCUT2D eigenvalue weighted by Gasteiger charge is 2.05. The summed E-state index contributed by atoms with van der Waals surface area (Å²) in [6, 6.07) is 13.6. The summed E-state index contributed by atoms with van der Waals surface area (Å²) in [4.78, 5) is 0.334. The highest BCUT2D eigenvalue weighted by atomic mass is 32.1. The molecule has 0 heterocycles. The predicted molar refractivity (Wildman–Crippen MR) is 89.2 cm³/mol. The summed E-state index contributed by atoms with van der Waals surface area (Å²) in [5, 5.41) is 0. The molecular formula is C17H19NO2S. The van der Waals surface area contributed by atoms with Crippen molar-refractivity contribution in [2.75, 3.05) is 13.2 Å². The summed E-state index contributed by atoms with van der Waals surface area (Å²) < 4.78 is 11.4. The number of nitrogens with two attached hydrogens (primary N) is 1. The maximum atomic E-state index is 5.75. The van der Waals surface area contributed by atoms with E-state index in [2.05, 4.69) is 6.07 Å². The number of rotatable bonds is 6. The molecule has 2 N–H and O–H groups in total. The Bertz CT molecular complexity index is 640. The lowest BCUT2D eigenvalue weighted by Gasteiger charge is -2.12. The normalized spacial score (nSPS) is 10.2. The van der Waals surface area contributed by atoms with Crippen LogP contribution in [-0.2, 0) is 0 Å². The van der Waals surface area contributed by atoms with Gasteiger partial charge in [-0.05, 0) is 43.2 Å². The van der Waals surface area contributed by atoms with Crippen LogP contribution in [0.25, 0.3) is 0 Å². The molecule has 0 aliphatic heterocycles. The zero-order chi connectivity index (χ0) is 15.2. The van der Waals surface area contributed by atoms with Crippen molar-refractivity contribution >= 4 is 17.2 Å². The summed E-state index contributed by atoms with van der Waals surface area (Å²) >= 11 is 5.00. The van der Waals surface area contributed by atoms with Crippen LogP contribution in [0.2, 0.25) is 0 Å². The molecule has 21 heavy (non-hydrogen) atoms. The van der Waals surface area contributed by atoms with Gasteiger partial charge in [-0.3, -0.25) is 0 Å². The summed E-state index contributed by atoms with van der Waals surface area (Å²) in [6.45, 7) is 4.97. The van der Waals surface area contributed by atoms with Crippen LogP contribution in [0.3, 0.4) is 0 Å².